The minimum absolute atomic E-state index is 0.205. The van der Waals surface area contributed by atoms with Crippen LogP contribution in [0, 0.1) is 6.92 Å². The van der Waals surface area contributed by atoms with E-state index >= 15 is 0 Å². The Hall–Kier alpha value is -1.80. The molecule has 1 heterocycles. The van der Waals surface area contributed by atoms with Crippen molar-refractivity contribution in [3.8, 4) is 0 Å². The van der Waals surface area contributed by atoms with Gasteiger partial charge in [0.15, 0.2) is 0 Å². The molecule has 0 fully saturated rings. The molecule has 0 bridgehead atoms. The summed E-state index contributed by atoms with van der Waals surface area (Å²) in [7, 11) is 0. The third-order valence-electron chi connectivity index (χ3n) is 4.15. The molecule has 2 aromatic carbocycles. The molecule has 0 amide bonds. The van der Waals surface area contributed by atoms with Gasteiger partial charge in [-0.3, -0.25) is 4.99 Å². The Morgan fingerprint density at radius 3 is 2.77 bits per heavy atom. The summed E-state index contributed by atoms with van der Waals surface area (Å²) in [6.45, 7) is 3.10. The minimum atomic E-state index is 0.205. The first kappa shape index (κ1) is 15.1. The highest BCUT2D eigenvalue weighted by atomic mass is 35.5. The Morgan fingerprint density at radius 2 is 2.05 bits per heavy atom. The number of nitrogens with zero attached hydrogens (tertiary/aromatic N) is 1. The van der Waals surface area contributed by atoms with Crippen LogP contribution in [0.2, 0.25) is 5.02 Å². The average molecular weight is 313 g/mol. The van der Waals surface area contributed by atoms with Crippen molar-refractivity contribution < 1.29 is 0 Å². The van der Waals surface area contributed by atoms with E-state index in [0.717, 1.165) is 36.7 Å². The van der Waals surface area contributed by atoms with E-state index < -0.39 is 0 Å². The van der Waals surface area contributed by atoms with E-state index in [1.54, 1.807) is 0 Å². The van der Waals surface area contributed by atoms with Crippen LogP contribution in [-0.4, -0.2) is 12.4 Å². The molecule has 0 radical (unpaired) electrons. The van der Waals surface area contributed by atoms with E-state index in [1.807, 2.05) is 18.2 Å². The van der Waals surface area contributed by atoms with Gasteiger partial charge in [-0.2, -0.15) is 0 Å². The molecule has 0 saturated heterocycles. The maximum absolute atomic E-state index is 6.18. The molecular weight excluding hydrogens is 292 g/mol. The molecule has 2 aromatic rings. The molecule has 22 heavy (non-hydrogen) atoms. The summed E-state index contributed by atoms with van der Waals surface area (Å²) in [5.41, 5.74) is 3.90. The molecular formula is C19H21ClN2. The van der Waals surface area contributed by atoms with Gasteiger partial charge in [0.05, 0.1) is 11.9 Å². The molecule has 1 unspecified atom stereocenters. The first-order valence-electron chi connectivity index (χ1n) is 7.82. The summed E-state index contributed by atoms with van der Waals surface area (Å²) in [6.07, 6.45) is 3.13. The topological polar surface area (TPSA) is 24.4 Å². The van der Waals surface area contributed by atoms with Crippen molar-refractivity contribution in [3.05, 3.63) is 70.2 Å². The lowest BCUT2D eigenvalue weighted by Crippen LogP contribution is -2.28. The summed E-state index contributed by atoms with van der Waals surface area (Å²) >= 11 is 6.18. The van der Waals surface area contributed by atoms with Crippen molar-refractivity contribution in [2.45, 2.75) is 32.2 Å². The number of aryl methyl sites for hydroxylation is 1. The molecule has 0 saturated carbocycles. The van der Waals surface area contributed by atoms with Crippen LogP contribution in [-0.2, 0) is 6.42 Å². The highest BCUT2D eigenvalue weighted by Gasteiger charge is 2.17. The zero-order chi connectivity index (χ0) is 15.4. The maximum Gasteiger partial charge on any atom is 0.0968 e. The summed E-state index contributed by atoms with van der Waals surface area (Å²) < 4.78 is 0. The molecule has 0 aromatic heterocycles. The van der Waals surface area contributed by atoms with Crippen molar-refractivity contribution in [2.75, 3.05) is 6.54 Å². The summed E-state index contributed by atoms with van der Waals surface area (Å²) in [6, 6.07) is 16.9. The van der Waals surface area contributed by atoms with Gasteiger partial charge in [0, 0.05) is 18.0 Å². The van der Waals surface area contributed by atoms with Gasteiger partial charge < -0.3 is 5.32 Å². The molecule has 1 N–H and O–H groups in total. The van der Waals surface area contributed by atoms with Crippen LogP contribution in [0.4, 0.5) is 0 Å². The Bertz CT molecular complexity index is 679. The van der Waals surface area contributed by atoms with Crippen LogP contribution in [0.15, 0.2) is 53.5 Å². The predicted octanol–water partition coefficient (Wildman–Crippen LogP) is 4.71. The molecule has 3 rings (SSSR count). The van der Waals surface area contributed by atoms with Crippen LogP contribution < -0.4 is 5.32 Å². The second-order valence-electron chi connectivity index (χ2n) is 5.81. The van der Waals surface area contributed by atoms with Gasteiger partial charge in [-0.05, 0) is 48.6 Å². The van der Waals surface area contributed by atoms with Crippen molar-refractivity contribution in [1.82, 2.24) is 5.32 Å². The third kappa shape index (κ3) is 3.69. The van der Waals surface area contributed by atoms with Crippen molar-refractivity contribution in [3.63, 3.8) is 0 Å². The molecule has 1 atom stereocenters. The van der Waals surface area contributed by atoms with E-state index in [1.165, 1.54) is 16.7 Å². The average Bonchev–Trinajstić information content (AvgIpc) is 3.02. The molecule has 3 heteroatoms. The smallest absolute Gasteiger partial charge is 0.0968 e. The van der Waals surface area contributed by atoms with Crippen molar-refractivity contribution in [1.29, 1.82) is 0 Å². The van der Waals surface area contributed by atoms with Crippen LogP contribution in [0.1, 0.15) is 35.6 Å². The fourth-order valence-corrected chi connectivity index (χ4v) is 3.09. The van der Waals surface area contributed by atoms with E-state index in [4.69, 9.17) is 11.6 Å². The van der Waals surface area contributed by atoms with Crippen molar-refractivity contribution in [2.24, 2.45) is 4.99 Å². The van der Waals surface area contributed by atoms with Crippen LogP contribution in [0.3, 0.4) is 0 Å². The van der Waals surface area contributed by atoms with E-state index in [-0.39, 0.29) is 6.04 Å². The Labute approximate surface area is 137 Å². The van der Waals surface area contributed by atoms with Gasteiger partial charge in [0.1, 0.15) is 0 Å². The van der Waals surface area contributed by atoms with Crippen LogP contribution in [0.5, 0.6) is 0 Å². The van der Waals surface area contributed by atoms with Crippen molar-refractivity contribution >= 4 is 17.4 Å². The largest absolute Gasteiger partial charge is 0.367 e. The van der Waals surface area contributed by atoms with E-state index in [9.17, 15) is 0 Å². The first-order chi connectivity index (χ1) is 10.7. The number of halogens is 1. The summed E-state index contributed by atoms with van der Waals surface area (Å²) in [4.78, 5) is 4.56. The maximum atomic E-state index is 6.18. The second-order valence-corrected chi connectivity index (χ2v) is 6.25. The summed E-state index contributed by atoms with van der Waals surface area (Å²) in [5.74, 6) is 1.12. The van der Waals surface area contributed by atoms with Crippen LogP contribution >= 0.6 is 11.6 Å². The normalized spacial score (nSPS) is 15.5. The van der Waals surface area contributed by atoms with E-state index in [2.05, 4.69) is 47.6 Å². The van der Waals surface area contributed by atoms with Gasteiger partial charge in [0.2, 0.25) is 0 Å². The molecule has 0 aliphatic carbocycles. The predicted molar refractivity (Wildman–Crippen MR) is 93.7 cm³/mol. The number of rotatable bonds is 4. The van der Waals surface area contributed by atoms with Gasteiger partial charge in [-0.1, -0.05) is 48.0 Å². The second kappa shape index (κ2) is 6.97. The number of aliphatic imine (C=N–C) groups is 1. The number of hydrogen-bond donors (Lipinski definition) is 1. The highest BCUT2D eigenvalue weighted by molar-refractivity contribution is 6.30. The van der Waals surface area contributed by atoms with Gasteiger partial charge >= 0.3 is 0 Å². The number of amidine groups is 1. The Balaban J connectivity index is 1.87. The minimum Gasteiger partial charge on any atom is -0.367 e. The lowest BCUT2D eigenvalue weighted by Gasteiger charge is -2.21. The summed E-state index contributed by atoms with van der Waals surface area (Å²) in [5, 5.41) is 4.41. The first-order valence-corrected chi connectivity index (χ1v) is 8.20. The molecule has 1 aliphatic heterocycles. The lowest BCUT2D eigenvalue weighted by atomic mass is 9.96. The lowest BCUT2D eigenvalue weighted by molar-refractivity contribution is 0.637. The Kier molecular flexibility index (Phi) is 4.79. The van der Waals surface area contributed by atoms with Gasteiger partial charge in [-0.15, -0.1) is 0 Å². The molecule has 1 aliphatic rings. The van der Waals surface area contributed by atoms with Gasteiger partial charge in [0.25, 0.3) is 0 Å². The quantitative estimate of drug-likeness (QED) is 0.868. The Morgan fingerprint density at radius 1 is 1.18 bits per heavy atom. The number of benzene rings is 2. The van der Waals surface area contributed by atoms with Gasteiger partial charge in [-0.25, -0.2) is 0 Å². The molecule has 2 nitrogen and oxygen atoms in total. The highest BCUT2D eigenvalue weighted by Crippen LogP contribution is 2.24. The standard InChI is InChI=1S/C19H21ClN2/c1-14-6-2-3-7-15(14)13-18(22-19-10-5-11-21-19)16-8-4-9-17(20)12-16/h2-4,6-9,12,18H,5,10-11,13H2,1H3,(H,21,22). The van der Waals surface area contributed by atoms with E-state index in [0.29, 0.717) is 0 Å². The molecule has 114 valence electrons. The zero-order valence-corrected chi connectivity index (χ0v) is 13.6. The monoisotopic (exact) mass is 312 g/mol. The fourth-order valence-electron chi connectivity index (χ4n) is 2.89. The third-order valence-corrected chi connectivity index (χ3v) is 4.39. The van der Waals surface area contributed by atoms with Crippen LogP contribution in [0.25, 0.3) is 0 Å². The number of hydrogen-bond acceptors (Lipinski definition) is 2. The molecule has 0 spiro atoms. The SMILES string of the molecule is Cc1ccccc1CC(NC1=NCCC1)c1cccc(Cl)c1. The zero-order valence-electron chi connectivity index (χ0n) is 12.8. The fraction of sp³-hybridized carbons (Fsp3) is 0.316. The number of nitrogens with one attached hydrogen (secondary N) is 1.